The molecule has 0 amide bonds. The van der Waals surface area contributed by atoms with E-state index in [4.69, 9.17) is 23.2 Å². The molecule has 0 saturated heterocycles. The average Bonchev–Trinajstić information content (AvgIpc) is 2.87. The van der Waals surface area contributed by atoms with Crippen LogP contribution in [0.1, 0.15) is 32.6 Å². The first-order chi connectivity index (χ1) is 17.5. The van der Waals surface area contributed by atoms with Crippen molar-refractivity contribution >= 4 is 39.0 Å². The van der Waals surface area contributed by atoms with Gasteiger partial charge >= 0.3 is 0 Å². The van der Waals surface area contributed by atoms with Crippen molar-refractivity contribution in [3.05, 3.63) is 129 Å². The first kappa shape index (κ1) is 26.8. The Hall–Kier alpha value is -3.23. The fourth-order valence-electron chi connectivity index (χ4n) is 3.73. The monoisotopic (exact) mass is 557 g/mol. The minimum absolute atomic E-state index is 0.0436. The van der Waals surface area contributed by atoms with Gasteiger partial charge in [0.1, 0.15) is 10.7 Å². The molecular formula is C28H22Cl2FNO4S. The molecule has 0 spiro atoms. The minimum Gasteiger partial charge on any atom is -0.505 e. The molecule has 4 aromatic carbocycles. The number of hydrogen-bond acceptors (Lipinski definition) is 4. The Morgan fingerprint density at radius 3 is 1.86 bits per heavy atom. The summed E-state index contributed by atoms with van der Waals surface area (Å²) in [6.45, 7) is 1.73. The smallest absolute Gasteiger partial charge is 0.247 e. The van der Waals surface area contributed by atoms with Crippen molar-refractivity contribution in [2.24, 2.45) is 0 Å². The van der Waals surface area contributed by atoms with E-state index in [9.17, 15) is 22.7 Å². The van der Waals surface area contributed by atoms with Gasteiger partial charge < -0.3 is 5.11 Å². The number of aromatic hydroxyl groups is 1. The maximum atomic E-state index is 13.6. The molecule has 0 heterocycles. The summed E-state index contributed by atoms with van der Waals surface area (Å²) >= 11 is 12.0. The van der Waals surface area contributed by atoms with E-state index in [0.29, 0.717) is 22.3 Å². The molecule has 4 rings (SSSR count). The molecule has 0 saturated carbocycles. The molecule has 0 aliphatic heterocycles. The van der Waals surface area contributed by atoms with Crippen molar-refractivity contribution < 1.29 is 22.7 Å². The Bertz CT molecular complexity index is 1540. The zero-order valence-corrected chi connectivity index (χ0v) is 22.0. The van der Waals surface area contributed by atoms with Crippen molar-refractivity contribution in [2.75, 3.05) is 0 Å². The fourth-order valence-corrected chi connectivity index (χ4v) is 5.89. The summed E-state index contributed by atoms with van der Waals surface area (Å²) in [4.78, 5) is 12.4. The highest BCUT2D eigenvalue weighted by atomic mass is 35.5. The Morgan fingerprint density at radius 2 is 1.32 bits per heavy atom. The first-order valence-electron chi connectivity index (χ1n) is 11.2. The summed E-state index contributed by atoms with van der Waals surface area (Å²) in [7, 11) is -4.30. The van der Waals surface area contributed by atoms with Gasteiger partial charge in [-0.3, -0.25) is 4.79 Å². The number of sulfonamides is 1. The Morgan fingerprint density at radius 1 is 0.838 bits per heavy atom. The fraction of sp³-hybridized carbons (Fsp3) is 0.107. The molecule has 5 nitrogen and oxygen atoms in total. The zero-order chi connectivity index (χ0) is 26.7. The molecule has 0 bridgehead atoms. The van der Waals surface area contributed by atoms with Crippen LogP contribution in [0.5, 0.6) is 5.75 Å². The minimum atomic E-state index is -4.30. The number of hydrogen-bond donors (Lipinski definition) is 1. The van der Waals surface area contributed by atoms with Gasteiger partial charge in [0.2, 0.25) is 10.0 Å². The highest BCUT2D eigenvalue weighted by Gasteiger charge is 2.29. The predicted molar refractivity (Wildman–Crippen MR) is 142 cm³/mol. The number of ketones is 1. The van der Waals surface area contributed by atoms with Gasteiger partial charge in [0.25, 0.3) is 0 Å². The summed E-state index contributed by atoms with van der Waals surface area (Å²) in [6.07, 6.45) is 0. The lowest BCUT2D eigenvalue weighted by Gasteiger charge is -2.23. The van der Waals surface area contributed by atoms with E-state index in [1.165, 1.54) is 30.3 Å². The number of halogens is 3. The molecule has 1 N–H and O–H groups in total. The third kappa shape index (κ3) is 6.19. The second kappa shape index (κ2) is 11.0. The number of benzene rings is 4. The molecule has 0 atom stereocenters. The summed E-state index contributed by atoms with van der Waals surface area (Å²) in [5.74, 6) is -1.22. The standard InChI is InChI=1S/C28H22Cl2FNO4S/c1-18-2-8-21(9-3-18)27(33)22-10-4-19(5-11-22)16-32(17-20-6-12-24(31)13-7-20)37(35,36)26-15-23(29)14-25(30)28(26)34/h2-15,34H,16-17H2,1H3. The Labute approximate surface area is 224 Å². The number of carbonyl (C=O) groups is 1. The number of nitrogens with zero attached hydrogens (tertiary/aromatic N) is 1. The molecule has 37 heavy (non-hydrogen) atoms. The maximum absolute atomic E-state index is 13.6. The van der Waals surface area contributed by atoms with Gasteiger partial charge in [0, 0.05) is 29.2 Å². The molecule has 0 fully saturated rings. The van der Waals surface area contributed by atoms with Crippen LogP contribution in [0.15, 0.2) is 89.8 Å². The number of phenolic OH excluding ortho intramolecular Hbond substituents is 1. The molecule has 0 aliphatic carbocycles. The average molecular weight is 558 g/mol. The lowest BCUT2D eigenvalue weighted by molar-refractivity contribution is 0.103. The molecule has 0 aliphatic rings. The lowest BCUT2D eigenvalue weighted by Crippen LogP contribution is -2.30. The highest BCUT2D eigenvalue weighted by molar-refractivity contribution is 7.89. The topological polar surface area (TPSA) is 74.7 Å². The zero-order valence-electron chi connectivity index (χ0n) is 19.7. The van der Waals surface area contributed by atoms with Crippen LogP contribution in [0.25, 0.3) is 0 Å². The largest absolute Gasteiger partial charge is 0.505 e. The second-order valence-electron chi connectivity index (χ2n) is 8.53. The van der Waals surface area contributed by atoms with E-state index in [2.05, 4.69) is 0 Å². The van der Waals surface area contributed by atoms with Gasteiger partial charge in [-0.05, 0) is 42.3 Å². The Kier molecular flexibility index (Phi) is 7.99. The van der Waals surface area contributed by atoms with E-state index in [1.54, 1.807) is 36.4 Å². The molecule has 0 aromatic heterocycles. The van der Waals surface area contributed by atoms with Gasteiger partial charge in [-0.15, -0.1) is 0 Å². The SMILES string of the molecule is Cc1ccc(C(=O)c2ccc(CN(Cc3ccc(F)cc3)S(=O)(=O)c3cc(Cl)cc(Cl)c3O)cc2)cc1. The normalized spacial score (nSPS) is 11.6. The molecular weight excluding hydrogens is 536 g/mol. The Balaban J connectivity index is 1.67. The maximum Gasteiger partial charge on any atom is 0.247 e. The number of carbonyl (C=O) groups excluding carboxylic acids is 1. The third-order valence-corrected chi connectivity index (χ3v) is 8.08. The van der Waals surface area contributed by atoms with Crippen LogP contribution < -0.4 is 0 Å². The van der Waals surface area contributed by atoms with Crippen molar-refractivity contribution in [1.29, 1.82) is 0 Å². The van der Waals surface area contributed by atoms with Crippen molar-refractivity contribution in [3.8, 4) is 5.75 Å². The van der Waals surface area contributed by atoms with E-state index in [-0.39, 0.29) is 28.9 Å². The summed E-state index contributed by atoms with van der Waals surface area (Å²) in [5, 5.41) is 10.3. The molecule has 9 heteroatoms. The van der Waals surface area contributed by atoms with E-state index < -0.39 is 26.5 Å². The van der Waals surface area contributed by atoms with E-state index in [1.807, 2.05) is 19.1 Å². The van der Waals surface area contributed by atoms with Crippen molar-refractivity contribution in [1.82, 2.24) is 4.31 Å². The van der Waals surface area contributed by atoms with Crippen LogP contribution in [-0.4, -0.2) is 23.6 Å². The predicted octanol–water partition coefficient (Wildman–Crippen LogP) is 6.77. The third-order valence-electron chi connectivity index (χ3n) is 5.77. The quantitative estimate of drug-likeness (QED) is 0.242. The summed E-state index contributed by atoms with van der Waals surface area (Å²) < 4.78 is 41.8. The number of phenols is 1. The van der Waals surface area contributed by atoms with Crippen LogP contribution >= 0.6 is 23.2 Å². The van der Waals surface area contributed by atoms with E-state index >= 15 is 0 Å². The van der Waals surface area contributed by atoms with Crippen LogP contribution in [0, 0.1) is 12.7 Å². The lowest BCUT2D eigenvalue weighted by atomic mass is 10.0. The van der Waals surface area contributed by atoms with Crippen LogP contribution in [-0.2, 0) is 23.1 Å². The van der Waals surface area contributed by atoms with Crippen LogP contribution in [0.2, 0.25) is 10.0 Å². The summed E-state index contributed by atoms with van der Waals surface area (Å²) in [5.41, 5.74) is 3.18. The first-order valence-corrected chi connectivity index (χ1v) is 13.4. The van der Waals surface area contributed by atoms with Gasteiger partial charge in [-0.2, -0.15) is 4.31 Å². The second-order valence-corrected chi connectivity index (χ2v) is 11.3. The van der Waals surface area contributed by atoms with Gasteiger partial charge in [-0.25, -0.2) is 12.8 Å². The van der Waals surface area contributed by atoms with Gasteiger partial charge in [0.15, 0.2) is 11.5 Å². The van der Waals surface area contributed by atoms with Crippen molar-refractivity contribution in [3.63, 3.8) is 0 Å². The van der Waals surface area contributed by atoms with Gasteiger partial charge in [0.05, 0.1) is 5.02 Å². The van der Waals surface area contributed by atoms with Crippen LogP contribution in [0.4, 0.5) is 4.39 Å². The summed E-state index contributed by atoms with van der Waals surface area (Å²) in [6, 6.07) is 21.6. The number of aryl methyl sites for hydroxylation is 1. The molecule has 190 valence electrons. The molecule has 0 radical (unpaired) electrons. The molecule has 4 aromatic rings. The number of rotatable bonds is 8. The van der Waals surface area contributed by atoms with Crippen LogP contribution in [0.3, 0.4) is 0 Å². The van der Waals surface area contributed by atoms with E-state index in [0.717, 1.165) is 15.9 Å². The molecule has 0 unspecified atom stereocenters. The van der Waals surface area contributed by atoms with Gasteiger partial charge in [-0.1, -0.05) is 89.4 Å². The highest BCUT2D eigenvalue weighted by Crippen LogP contribution is 2.36. The van der Waals surface area contributed by atoms with Crippen molar-refractivity contribution in [2.45, 2.75) is 24.9 Å².